The quantitative estimate of drug-likeness (QED) is 0.0283. The monoisotopic (exact) mass is 771 g/mol. The minimum atomic E-state index is -3.85. The Hall–Kier alpha value is -0.740. The van der Waals surface area contributed by atoms with Crippen LogP contribution in [-0.4, -0.2) is 83.2 Å². The van der Waals surface area contributed by atoms with Crippen molar-refractivity contribution in [2.24, 2.45) is 0 Å². The number of hydrogen-bond acceptors (Lipinski definition) is 8. The van der Waals surface area contributed by atoms with Crippen LogP contribution in [0.4, 0.5) is 0 Å². The molecule has 0 aliphatic heterocycles. The fourth-order valence-electron chi connectivity index (χ4n) is 5.59. The van der Waals surface area contributed by atoms with Gasteiger partial charge < -0.3 is 19.1 Å². The SMILES string of the molecule is CCCCCCCCCCCCCCC(=O)OC(COC(=O)CCCCCCCCCCCCC)COP(=O)(NCC[O-])OCC[N+](C)(C)C.Cl. The van der Waals surface area contributed by atoms with E-state index in [1.807, 2.05) is 21.1 Å². The second-order valence-electron chi connectivity index (χ2n) is 15.0. The number of halogens is 1. The van der Waals surface area contributed by atoms with Gasteiger partial charge in [-0.15, -0.1) is 19.0 Å². The van der Waals surface area contributed by atoms with Crippen LogP contribution in [0.25, 0.3) is 0 Å². The molecular formula is C39H80ClN2O8P. The second kappa shape index (κ2) is 36.2. The first-order valence-electron chi connectivity index (χ1n) is 20.4. The third-order valence-electron chi connectivity index (χ3n) is 8.81. The Kier molecular flexibility index (Phi) is 37.2. The summed E-state index contributed by atoms with van der Waals surface area (Å²) in [4.78, 5) is 25.3. The molecule has 306 valence electrons. The number of rotatable bonds is 38. The minimum absolute atomic E-state index is 0. The number of quaternary nitrogens is 1. The van der Waals surface area contributed by atoms with Gasteiger partial charge in [-0.1, -0.05) is 149 Å². The van der Waals surface area contributed by atoms with Crippen molar-refractivity contribution >= 4 is 32.1 Å². The molecule has 0 aromatic heterocycles. The van der Waals surface area contributed by atoms with E-state index < -0.39 is 26.4 Å². The van der Waals surface area contributed by atoms with Crippen molar-refractivity contribution in [2.45, 2.75) is 180 Å². The predicted octanol–water partition coefficient (Wildman–Crippen LogP) is 9.45. The van der Waals surface area contributed by atoms with Gasteiger partial charge in [0.05, 0.1) is 27.7 Å². The number of carbonyl (C=O) groups excluding carboxylic acids is 2. The Labute approximate surface area is 319 Å². The zero-order valence-corrected chi connectivity index (χ0v) is 35.3. The molecule has 0 aromatic carbocycles. The van der Waals surface area contributed by atoms with Crippen LogP contribution >= 0.6 is 20.2 Å². The summed E-state index contributed by atoms with van der Waals surface area (Å²) in [6, 6.07) is 0. The van der Waals surface area contributed by atoms with E-state index in [2.05, 4.69) is 18.9 Å². The van der Waals surface area contributed by atoms with Crippen LogP contribution in [-0.2, 0) is 32.7 Å². The molecule has 0 aromatic rings. The van der Waals surface area contributed by atoms with E-state index in [0.717, 1.165) is 38.5 Å². The van der Waals surface area contributed by atoms with Crippen molar-refractivity contribution in [3.63, 3.8) is 0 Å². The van der Waals surface area contributed by atoms with Crippen LogP contribution < -0.4 is 10.2 Å². The lowest BCUT2D eigenvalue weighted by atomic mass is 10.0. The third-order valence-corrected chi connectivity index (χ3v) is 10.4. The highest BCUT2D eigenvalue weighted by atomic mass is 35.5. The maximum atomic E-state index is 13.4. The van der Waals surface area contributed by atoms with E-state index in [4.69, 9.17) is 18.5 Å². The number of hydrogen-bond donors (Lipinski definition) is 1. The first-order valence-corrected chi connectivity index (χ1v) is 22.0. The summed E-state index contributed by atoms with van der Waals surface area (Å²) < 4.78 is 36.3. The van der Waals surface area contributed by atoms with Gasteiger partial charge in [-0.3, -0.25) is 18.6 Å². The average molecular weight is 772 g/mol. The standard InChI is InChI=1S/C39H79N2O8P.ClH/c1-6-8-10-12-14-16-18-20-22-24-26-28-30-39(44)49-37(36-48-50(45,40-31-33-42)47-34-32-41(3,4)5)35-46-38(43)29-27-25-23-21-19-17-15-13-11-9-7-2;/h37H,6-36H2,1-5H3,(H,40,45);1H. The molecule has 2 atom stereocenters. The van der Waals surface area contributed by atoms with Gasteiger partial charge in [-0.05, 0) is 19.4 Å². The molecule has 0 saturated carbocycles. The lowest BCUT2D eigenvalue weighted by Crippen LogP contribution is -2.38. The van der Waals surface area contributed by atoms with E-state index in [-0.39, 0.29) is 51.2 Å². The molecule has 51 heavy (non-hydrogen) atoms. The molecule has 0 rings (SSSR count). The van der Waals surface area contributed by atoms with E-state index in [9.17, 15) is 19.3 Å². The molecule has 10 nitrogen and oxygen atoms in total. The van der Waals surface area contributed by atoms with Gasteiger partial charge in [0, 0.05) is 12.8 Å². The summed E-state index contributed by atoms with van der Waals surface area (Å²) in [7, 11) is 2.10. The van der Waals surface area contributed by atoms with Gasteiger partial charge in [-0.25, -0.2) is 9.65 Å². The Bertz CT molecular complexity index is 847. The van der Waals surface area contributed by atoms with Gasteiger partial charge in [0.15, 0.2) is 6.10 Å². The van der Waals surface area contributed by atoms with Crippen molar-refractivity contribution in [1.82, 2.24) is 5.09 Å². The molecule has 0 spiro atoms. The summed E-state index contributed by atoms with van der Waals surface area (Å²) in [5.74, 6) is -0.754. The fourth-order valence-corrected chi connectivity index (χ4v) is 6.90. The van der Waals surface area contributed by atoms with Crippen LogP contribution in [0.3, 0.4) is 0 Å². The zero-order valence-electron chi connectivity index (χ0n) is 33.6. The number of unbranched alkanes of at least 4 members (excludes halogenated alkanes) is 21. The summed E-state index contributed by atoms with van der Waals surface area (Å²) in [5.41, 5.74) is 0. The van der Waals surface area contributed by atoms with E-state index in [0.29, 0.717) is 17.4 Å². The Morgan fingerprint density at radius 1 is 0.627 bits per heavy atom. The molecule has 0 saturated heterocycles. The summed E-state index contributed by atoms with van der Waals surface area (Å²) in [6.07, 6.45) is 27.2. The maximum absolute atomic E-state index is 13.4. The van der Waals surface area contributed by atoms with Crippen molar-refractivity contribution in [2.75, 3.05) is 60.7 Å². The van der Waals surface area contributed by atoms with Crippen molar-refractivity contribution in [3.05, 3.63) is 0 Å². The lowest BCUT2D eigenvalue weighted by molar-refractivity contribution is -0.870. The van der Waals surface area contributed by atoms with Gasteiger partial charge in [-0.2, -0.15) is 0 Å². The Morgan fingerprint density at radius 2 is 1.04 bits per heavy atom. The summed E-state index contributed by atoms with van der Waals surface area (Å²) in [6.45, 7) is 4.11. The van der Waals surface area contributed by atoms with E-state index >= 15 is 0 Å². The van der Waals surface area contributed by atoms with E-state index in [1.165, 1.54) is 109 Å². The van der Waals surface area contributed by atoms with Crippen LogP contribution in [0.15, 0.2) is 0 Å². The third kappa shape index (κ3) is 37.4. The number of esters is 2. The topological polar surface area (TPSA) is 123 Å². The molecular weight excluding hydrogens is 691 g/mol. The largest absolute Gasteiger partial charge is 0.854 e. The molecule has 2 unspecified atom stereocenters. The molecule has 0 bridgehead atoms. The number of nitrogens with one attached hydrogen (secondary N) is 1. The van der Waals surface area contributed by atoms with Crippen molar-refractivity contribution < 1.29 is 42.3 Å². The van der Waals surface area contributed by atoms with Gasteiger partial charge in [0.25, 0.3) is 0 Å². The number of nitrogens with zero attached hydrogens (tertiary/aromatic N) is 1. The highest BCUT2D eigenvalue weighted by Gasteiger charge is 2.28. The molecule has 0 radical (unpaired) electrons. The Morgan fingerprint density at radius 3 is 1.45 bits per heavy atom. The smallest absolute Gasteiger partial charge is 0.405 e. The zero-order chi connectivity index (χ0) is 37.2. The average Bonchev–Trinajstić information content (AvgIpc) is 3.07. The van der Waals surface area contributed by atoms with Crippen molar-refractivity contribution in [1.29, 1.82) is 0 Å². The molecule has 0 amide bonds. The number of ether oxygens (including phenoxy) is 2. The maximum Gasteiger partial charge on any atom is 0.405 e. The highest BCUT2D eigenvalue weighted by molar-refractivity contribution is 7.51. The molecule has 0 aliphatic carbocycles. The van der Waals surface area contributed by atoms with Crippen LogP contribution in [0, 0.1) is 0 Å². The number of carbonyl (C=O) groups is 2. The first-order chi connectivity index (χ1) is 24.0. The molecule has 0 aliphatic rings. The van der Waals surface area contributed by atoms with Crippen LogP contribution in [0.1, 0.15) is 174 Å². The first kappa shape index (κ1) is 52.4. The summed E-state index contributed by atoms with van der Waals surface area (Å²) in [5, 5.41) is 13.7. The van der Waals surface area contributed by atoms with Crippen LogP contribution in [0.2, 0.25) is 0 Å². The van der Waals surface area contributed by atoms with Gasteiger partial charge in [0.1, 0.15) is 19.8 Å². The predicted molar refractivity (Wildman–Crippen MR) is 210 cm³/mol. The molecule has 1 N–H and O–H groups in total. The second-order valence-corrected chi connectivity index (χ2v) is 16.8. The van der Waals surface area contributed by atoms with Gasteiger partial charge in [0.2, 0.25) is 0 Å². The van der Waals surface area contributed by atoms with Crippen molar-refractivity contribution in [3.8, 4) is 0 Å². The Balaban J connectivity index is 0. The summed E-state index contributed by atoms with van der Waals surface area (Å²) >= 11 is 0. The minimum Gasteiger partial charge on any atom is -0.854 e. The molecule has 0 heterocycles. The normalized spacial score (nSPS) is 13.4. The lowest BCUT2D eigenvalue weighted by Gasteiger charge is -2.26. The number of likely N-dealkylation sites (N-methyl/N-ethyl adjacent to an activating group) is 1. The van der Waals surface area contributed by atoms with Crippen LogP contribution in [0.5, 0.6) is 0 Å². The van der Waals surface area contributed by atoms with Gasteiger partial charge >= 0.3 is 19.7 Å². The fraction of sp³-hybridized carbons (Fsp3) is 0.949. The molecule has 0 fully saturated rings. The van der Waals surface area contributed by atoms with E-state index in [1.54, 1.807) is 0 Å². The highest BCUT2D eigenvalue weighted by Crippen LogP contribution is 2.43. The molecule has 12 heteroatoms.